The maximum atomic E-state index is 12.4. The summed E-state index contributed by atoms with van der Waals surface area (Å²) < 4.78 is 8.31. The highest BCUT2D eigenvalue weighted by Gasteiger charge is 2.07. The molecule has 4 aromatic rings. The monoisotopic (exact) mass is 449 g/mol. The minimum absolute atomic E-state index is 0.201. The van der Waals surface area contributed by atoms with Crippen LogP contribution >= 0.6 is 15.9 Å². The van der Waals surface area contributed by atoms with Crippen LogP contribution < -0.4 is 10.1 Å². The molecule has 144 valence electrons. The van der Waals surface area contributed by atoms with Crippen molar-refractivity contribution in [2.45, 2.75) is 6.54 Å². The molecule has 0 fully saturated rings. The number of nitrogens with zero attached hydrogens (tertiary/aromatic N) is 4. The van der Waals surface area contributed by atoms with Crippen LogP contribution in [0.5, 0.6) is 11.6 Å². The van der Waals surface area contributed by atoms with Gasteiger partial charge in [0.05, 0.1) is 11.3 Å². The van der Waals surface area contributed by atoms with Crippen molar-refractivity contribution < 1.29 is 9.53 Å². The second-order valence-corrected chi connectivity index (χ2v) is 7.05. The molecule has 0 saturated heterocycles. The van der Waals surface area contributed by atoms with Crippen LogP contribution in [0.15, 0.2) is 84.0 Å². The van der Waals surface area contributed by atoms with E-state index in [1.807, 2.05) is 48.5 Å². The second-order valence-electron chi connectivity index (χ2n) is 6.13. The smallest absolute Gasteiger partial charge is 0.253 e. The zero-order valence-electron chi connectivity index (χ0n) is 15.2. The summed E-state index contributed by atoms with van der Waals surface area (Å²) in [5.41, 5.74) is 2.35. The standard InChI is InChI=1S/C21H16BrN5O2/c22-17-4-8-19(9-5-17)29-20-10-3-16(12-24-20)21(28)25-11-15-1-6-18(7-2-15)27-14-23-13-26-27/h1-10,12-14H,11H2,(H,25,28). The van der Waals surface area contributed by atoms with Crippen LogP contribution in [0.1, 0.15) is 15.9 Å². The summed E-state index contributed by atoms with van der Waals surface area (Å²) in [6.45, 7) is 0.410. The average molecular weight is 450 g/mol. The van der Waals surface area contributed by atoms with Crippen LogP contribution in [0, 0.1) is 0 Å². The van der Waals surface area contributed by atoms with E-state index in [9.17, 15) is 4.79 Å². The van der Waals surface area contributed by atoms with E-state index in [4.69, 9.17) is 4.74 Å². The third-order valence-corrected chi connectivity index (χ3v) is 4.64. The molecule has 0 bridgehead atoms. The zero-order valence-corrected chi connectivity index (χ0v) is 16.8. The molecule has 0 aliphatic carbocycles. The number of aromatic nitrogens is 4. The van der Waals surface area contributed by atoms with E-state index in [1.165, 1.54) is 12.5 Å². The fourth-order valence-electron chi connectivity index (χ4n) is 2.59. The number of nitrogens with one attached hydrogen (secondary N) is 1. The van der Waals surface area contributed by atoms with Gasteiger partial charge in [0, 0.05) is 23.3 Å². The van der Waals surface area contributed by atoms with Crippen molar-refractivity contribution in [3.8, 4) is 17.3 Å². The van der Waals surface area contributed by atoms with Crippen LogP contribution in [-0.2, 0) is 6.54 Å². The molecule has 7 nitrogen and oxygen atoms in total. The Hall–Kier alpha value is -3.52. The number of hydrogen-bond donors (Lipinski definition) is 1. The van der Waals surface area contributed by atoms with Crippen molar-refractivity contribution in [1.29, 1.82) is 0 Å². The van der Waals surface area contributed by atoms with Gasteiger partial charge in [0.25, 0.3) is 5.91 Å². The molecule has 0 saturated carbocycles. The third kappa shape index (κ3) is 4.85. The maximum absolute atomic E-state index is 12.4. The number of carbonyl (C=O) groups excluding carboxylic acids is 1. The van der Waals surface area contributed by atoms with Gasteiger partial charge in [-0.15, -0.1) is 0 Å². The Kier molecular flexibility index (Phi) is 5.62. The summed E-state index contributed by atoms with van der Waals surface area (Å²) >= 11 is 3.38. The van der Waals surface area contributed by atoms with E-state index in [-0.39, 0.29) is 5.91 Å². The number of carbonyl (C=O) groups is 1. The predicted octanol–water partition coefficient (Wildman–Crippen LogP) is 4.15. The summed E-state index contributed by atoms with van der Waals surface area (Å²) in [4.78, 5) is 20.5. The molecule has 4 rings (SSSR count). The lowest BCUT2D eigenvalue weighted by Crippen LogP contribution is -2.22. The maximum Gasteiger partial charge on any atom is 0.253 e. The van der Waals surface area contributed by atoms with Gasteiger partial charge < -0.3 is 10.1 Å². The first kappa shape index (κ1) is 18.8. The van der Waals surface area contributed by atoms with Gasteiger partial charge in [-0.25, -0.2) is 14.6 Å². The Balaban J connectivity index is 1.33. The van der Waals surface area contributed by atoms with Gasteiger partial charge in [-0.2, -0.15) is 5.10 Å². The van der Waals surface area contributed by atoms with Crippen molar-refractivity contribution in [1.82, 2.24) is 25.1 Å². The molecule has 0 unspecified atom stereocenters. The summed E-state index contributed by atoms with van der Waals surface area (Å²) in [6, 6.07) is 18.5. The molecule has 0 spiro atoms. The first-order chi connectivity index (χ1) is 14.2. The SMILES string of the molecule is O=C(NCc1ccc(-n2cncn2)cc1)c1ccc(Oc2ccc(Br)cc2)nc1. The van der Waals surface area contributed by atoms with Crippen molar-refractivity contribution in [3.05, 3.63) is 95.1 Å². The van der Waals surface area contributed by atoms with Crippen LogP contribution in [-0.4, -0.2) is 25.7 Å². The van der Waals surface area contributed by atoms with Crippen molar-refractivity contribution in [2.24, 2.45) is 0 Å². The van der Waals surface area contributed by atoms with E-state index in [2.05, 4.69) is 36.3 Å². The van der Waals surface area contributed by atoms with Gasteiger partial charge >= 0.3 is 0 Å². The van der Waals surface area contributed by atoms with Crippen LogP contribution in [0.2, 0.25) is 0 Å². The number of benzene rings is 2. The summed E-state index contributed by atoms with van der Waals surface area (Å²) in [5.74, 6) is 0.896. The Morgan fingerprint density at radius 1 is 1.03 bits per heavy atom. The highest BCUT2D eigenvalue weighted by Crippen LogP contribution is 2.21. The lowest BCUT2D eigenvalue weighted by Gasteiger charge is -2.08. The second kappa shape index (κ2) is 8.66. The topological polar surface area (TPSA) is 81.9 Å². The Bertz CT molecular complexity index is 1080. The summed E-state index contributed by atoms with van der Waals surface area (Å²) in [7, 11) is 0. The van der Waals surface area contributed by atoms with Crippen molar-refractivity contribution in [3.63, 3.8) is 0 Å². The molecular formula is C21H16BrN5O2. The Labute approximate surface area is 175 Å². The number of rotatable bonds is 6. The van der Waals surface area contributed by atoms with Gasteiger partial charge in [0.1, 0.15) is 18.4 Å². The highest BCUT2D eigenvalue weighted by atomic mass is 79.9. The zero-order chi connectivity index (χ0) is 20.1. The fourth-order valence-corrected chi connectivity index (χ4v) is 2.86. The first-order valence-corrected chi connectivity index (χ1v) is 9.58. The van der Waals surface area contributed by atoms with E-state index in [0.29, 0.717) is 23.7 Å². The average Bonchev–Trinajstić information content (AvgIpc) is 3.29. The number of pyridine rings is 1. The molecule has 0 aliphatic rings. The highest BCUT2D eigenvalue weighted by molar-refractivity contribution is 9.10. The summed E-state index contributed by atoms with van der Waals surface area (Å²) in [6.07, 6.45) is 4.61. The van der Waals surface area contributed by atoms with Gasteiger partial charge in [-0.05, 0) is 48.0 Å². The van der Waals surface area contributed by atoms with Crippen LogP contribution in [0.4, 0.5) is 0 Å². The molecule has 29 heavy (non-hydrogen) atoms. The largest absolute Gasteiger partial charge is 0.439 e. The number of halogens is 1. The van der Waals surface area contributed by atoms with E-state index in [1.54, 1.807) is 23.1 Å². The minimum Gasteiger partial charge on any atom is -0.439 e. The first-order valence-electron chi connectivity index (χ1n) is 8.79. The molecule has 0 aliphatic heterocycles. The molecule has 0 atom stereocenters. The lowest BCUT2D eigenvalue weighted by molar-refractivity contribution is 0.0950. The van der Waals surface area contributed by atoms with Crippen LogP contribution in [0.3, 0.4) is 0 Å². The minimum atomic E-state index is -0.201. The molecule has 0 radical (unpaired) electrons. The third-order valence-electron chi connectivity index (χ3n) is 4.11. The van der Waals surface area contributed by atoms with E-state index in [0.717, 1.165) is 15.7 Å². The fraction of sp³-hybridized carbons (Fsp3) is 0.0476. The normalized spacial score (nSPS) is 10.5. The van der Waals surface area contributed by atoms with Crippen molar-refractivity contribution >= 4 is 21.8 Å². The molecule has 1 N–H and O–H groups in total. The number of ether oxygens (including phenoxy) is 1. The quantitative estimate of drug-likeness (QED) is 0.478. The Morgan fingerprint density at radius 2 is 1.83 bits per heavy atom. The molecule has 1 amide bonds. The van der Waals surface area contributed by atoms with Gasteiger partial charge in [-0.1, -0.05) is 28.1 Å². The van der Waals surface area contributed by atoms with Gasteiger partial charge in [0.2, 0.25) is 5.88 Å². The van der Waals surface area contributed by atoms with E-state index < -0.39 is 0 Å². The molecule has 8 heteroatoms. The summed E-state index contributed by atoms with van der Waals surface area (Å²) in [5, 5.41) is 6.97. The Morgan fingerprint density at radius 3 is 2.48 bits per heavy atom. The van der Waals surface area contributed by atoms with Gasteiger partial charge in [0.15, 0.2) is 0 Å². The molecular weight excluding hydrogens is 434 g/mol. The lowest BCUT2D eigenvalue weighted by atomic mass is 10.2. The van der Waals surface area contributed by atoms with Gasteiger partial charge in [-0.3, -0.25) is 4.79 Å². The molecule has 2 heterocycles. The number of amides is 1. The molecule has 2 aromatic carbocycles. The van der Waals surface area contributed by atoms with Crippen molar-refractivity contribution in [2.75, 3.05) is 0 Å². The van der Waals surface area contributed by atoms with Crippen LogP contribution in [0.25, 0.3) is 5.69 Å². The van der Waals surface area contributed by atoms with E-state index >= 15 is 0 Å². The molecule has 2 aromatic heterocycles. The predicted molar refractivity (Wildman–Crippen MR) is 111 cm³/mol. The number of hydrogen-bond acceptors (Lipinski definition) is 5.